The number of nitrogens with zero attached hydrogens (tertiary/aromatic N) is 1. The molecule has 0 spiro atoms. The lowest BCUT2D eigenvalue weighted by Gasteiger charge is -2.00. The standard InChI is InChI=1S/C14H10ClFN2O3S/c1-21-13(20)11-7-17-14(22-11)18-12(19)6-5-8-9(15)3-2-4-10(8)16/h2-7H,1H3,(H,17,18,19)/b6-5+. The van der Waals surface area contributed by atoms with E-state index in [9.17, 15) is 14.0 Å². The summed E-state index contributed by atoms with van der Waals surface area (Å²) in [7, 11) is 1.25. The molecule has 1 aromatic heterocycles. The van der Waals surface area contributed by atoms with Gasteiger partial charge in [-0.25, -0.2) is 14.2 Å². The van der Waals surface area contributed by atoms with Crippen LogP contribution >= 0.6 is 22.9 Å². The molecule has 2 aromatic rings. The van der Waals surface area contributed by atoms with E-state index >= 15 is 0 Å². The van der Waals surface area contributed by atoms with Gasteiger partial charge in [0.1, 0.15) is 10.7 Å². The number of anilines is 1. The summed E-state index contributed by atoms with van der Waals surface area (Å²) in [4.78, 5) is 27.1. The van der Waals surface area contributed by atoms with Gasteiger partial charge in [0.15, 0.2) is 5.13 Å². The van der Waals surface area contributed by atoms with Gasteiger partial charge in [-0.05, 0) is 18.2 Å². The first-order chi connectivity index (χ1) is 10.5. The van der Waals surface area contributed by atoms with Crippen molar-refractivity contribution in [2.75, 3.05) is 12.4 Å². The van der Waals surface area contributed by atoms with E-state index in [0.717, 1.165) is 17.4 Å². The van der Waals surface area contributed by atoms with Crippen LogP contribution in [0.4, 0.5) is 9.52 Å². The molecule has 114 valence electrons. The summed E-state index contributed by atoms with van der Waals surface area (Å²) < 4.78 is 18.1. The Morgan fingerprint density at radius 1 is 1.45 bits per heavy atom. The van der Waals surface area contributed by atoms with Crippen LogP contribution in [0.2, 0.25) is 5.02 Å². The Bertz CT molecular complexity index is 725. The summed E-state index contributed by atoms with van der Waals surface area (Å²) in [5, 5.41) is 2.89. The van der Waals surface area contributed by atoms with Crippen molar-refractivity contribution >= 4 is 46.0 Å². The fourth-order valence-corrected chi connectivity index (χ4v) is 2.47. The van der Waals surface area contributed by atoms with E-state index in [-0.39, 0.29) is 20.6 Å². The second-order valence-electron chi connectivity index (χ2n) is 3.98. The Balaban J connectivity index is 2.05. The maximum Gasteiger partial charge on any atom is 0.349 e. The number of hydrogen-bond donors (Lipinski definition) is 1. The second kappa shape index (κ2) is 7.15. The molecule has 0 bridgehead atoms. The lowest BCUT2D eigenvalue weighted by molar-refractivity contribution is -0.111. The van der Waals surface area contributed by atoms with Crippen LogP contribution < -0.4 is 5.32 Å². The van der Waals surface area contributed by atoms with Crippen molar-refractivity contribution < 1.29 is 18.7 Å². The highest BCUT2D eigenvalue weighted by atomic mass is 35.5. The molecule has 1 heterocycles. The van der Waals surface area contributed by atoms with E-state index in [4.69, 9.17) is 11.6 Å². The van der Waals surface area contributed by atoms with Crippen LogP contribution in [0.25, 0.3) is 6.08 Å². The molecule has 0 radical (unpaired) electrons. The maximum atomic E-state index is 13.5. The quantitative estimate of drug-likeness (QED) is 0.684. The Morgan fingerprint density at radius 2 is 2.23 bits per heavy atom. The number of amides is 1. The van der Waals surface area contributed by atoms with Gasteiger partial charge in [-0.15, -0.1) is 0 Å². The second-order valence-corrected chi connectivity index (χ2v) is 5.42. The Morgan fingerprint density at radius 3 is 2.91 bits per heavy atom. The van der Waals surface area contributed by atoms with Crippen LogP contribution in [-0.4, -0.2) is 24.0 Å². The van der Waals surface area contributed by atoms with E-state index in [1.807, 2.05) is 0 Å². The minimum absolute atomic E-state index is 0.119. The molecule has 1 N–H and O–H groups in total. The first-order valence-corrected chi connectivity index (χ1v) is 7.18. The molecule has 2 rings (SSSR count). The predicted octanol–water partition coefficient (Wildman–Crippen LogP) is 3.37. The smallest absolute Gasteiger partial charge is 0.349 e. The van der Waals surface area contributed by atoms with Crippen molar-refractivity contribution in [3.05, 3.63) is 51.8 Å². The number of methoxy groups -OCH3 is 1. The van der Waals surface area contributed by atoms with Gasteiger partial charge in [-0.1, -0.05) is 29.0 Å². The van der Waals surface area contributed by atoms with Gasteiger partial charge >= 0.3 is 5.97 Å². The molecule has 0 unspecified atom stereocenters. The minimum Gasteiger partial charge on any atom is -0.465 e. The van der Waals surface area contributed by atoms with E-state index in [1.54, 1.807) is 0 Å². The van der Waals surface area contributed by atoms with Gasteiger partial charge in [0.05, 0.1) is 18.3 Å². The first kappa shape index (κ1) is 16.1. The molecule has 0 fully saturated rings. The summed E-state index contributed by atoms with van der Waals surface area (Å²) in [5.41, 5.74) is 0.119. The van der Waals surface area contributed by atoms with Gasteiger partial charge in [-0.3, -0.25) is 10.1 Å². The van der Waals surface area contributed by atoms with Crippen molar-refractivity contribution in [3.63, 3.8) is 0 Å². The molecule has 1 amide bonds. The third kappa shape index (κ3) is 3.90. The molecule has 0 aliphatic rings. The molecule has 1 aromatic carbocycles. The number of nitrogens with one attached hydrogen (secondary N) is 1. The number of carbonyl (C=O) groups is 2. The highest BCUT2D eigenvalue weighted by Gasteiger charge is 2.11. The van der Waals surface area contributed by atoms with Crippen LogP contribution in [0, 0.1) is 5.82 Å². The van der Waals surface area contributed by atoms with Crippen molar-refractivity contribution in [3.8, 4) is 0 Å². The average molecular weight is 341 g/mol. The Hall–Kier alpha value is -2.25. The summed E-state index contributed by atoms with van der Waals surface area (Å²) in [6.07, 6.45) is 3.69. The SMILES string of the molecule is COC(=O)c1cnc(NC(=O)/C=C/c2c(F)cccc2Cl)s1. The molecule has 22 heavy (non-hydrogen) atoms. The lowest BCUT2D eigenvalue weighted by atomic mass is 10.2. The Kier molecular flexibility index (Phi) is 5.24. The number of hydrogen-bond acceptors (Lipinski definition) is 5. The minimum atomic E-state index is -0.535. The van der Waals surface area contributed by atoms with Crippen molar-refractivity contribution in [2.24, 2.45) is 0 Å². The van der Waals surface area contributed by atoms with Crippen LogP contribution in [0.3, 0.4) is 0 Å². The van der Waals surface area contributed by atoms with Crippen molar-refractivity contribution in [2.45, 2.75) is 0 Å². The molecule has 0 atom stereocenters. The fraction of sp³-hybridized carbons (Fsp3) is 0.0714. The van der Waals surface area contributed by atoms with Crippen molar-refractivity contribution in [1.29, 1.82) is 0 Å². The fourth-order valence-electron chi connectivity index (χ4n) is 1.50. The average Bonchev–Trinajstić information content (AvgIpc) is 2.94. The number of rotatable bonds is 4. The zero-order chi connectivity index (χ0) is 16.1. The molecule has 0 aliphatic carbocycles. The third-order valence-corrected chi connectivity index (χ3v) is 3.75. The number of thiazole rings is 1. The Labute approximate surface area is 134 Å². The zero-order valence-corrected chi connectivity index (χ0v) is 12.9. The van der Waals surface area contributed by atoms with Gasteiger partial charge in [-0.2, -0.15) is 0 Å². The number of esters is 1. The summed E-state index contributed by atoms with van der Waals surface area (Å²) >= 11 is 6.81. The summed E-state index contributed by atoms with van der Waals surface area (Å²) in [5.74, 6) is -1.59. The molecule has 8 heteroatoms. The van der Waals surface area contributed by atoms with E-state index in [0.29, 0.717) is 0 Å². The third-order valence-electron chi connectivity index (χ3n) is 2.52. The largest absolute Gasteiger partial charge is 0.465 e. The van der Waals surface area contributed by atoms with Gasteiger partial charge in [0.25, 0.3) is 0 Å². The van der Waals surface area contributed by atoms with Crippen LogP contribution in [0.1, 0.15) is 15.2 Å². The van der Waals surface area contributed by atoms with E-state index in [1.165, 1.54) is 37.6 Å². The number of benzene rings is 1. The van der Waals surface area contributed by atoms with Crippen LogP contribution in [-0.2, 0) is 9.53 Å². The number of aromatic nitrogens is 1. The predicted molar refractivity (Wildman–Crippen MR) is 82.5 cm³/mol. The first-order valence-electron chi connectivity index (χ1n) is 5.98. The number of halogens is 2. The van der Waals surface area contributed by atoms with E-state index in [2.05, 4.69) is 15.0 Å². The summed E-state index contributed by atoms with van der Waals surface area (Å²) in [6, 6.07) is 4.23. The molecular weight excluding hydrogens is 331 g/mol. The van der Waals surface area contributed by atoms with Crippen LogP contribution in [0.5, 0.6) is 0 Å². The van der Waals surface area contributed by atoms with E-state index < -0.39 is 17.7 Å². The normalized spacial score (nSPS) is 10.7. The molecule has 0 saturated heterocycles. The lowest BCUT2D eigenvalue weighted by Crippen LogP contribution is -2.07. The van der Waals surface area contributed by atoms with Gasteiger partial charge < -0.3 is 4.74 Å². The highest BCUT2D eigenvalue weighted by Crippen LogP contribution is 2.21. The molecule has 0 saturated carbocycles. The highest BCUT2D eigenvalue weighted by molar-refractivity contribution is 7.17. The molecule has 0 aliphatic heterocycles. The van der Waals surface area contributed by atoms with Crippen molar-refractivity contribution in [1.82, 2.24) is 4.98 Å². The topological polar surface area (TPSA) is 68.3 Å². The maximum absolute atomic E-state index is 13.5. The van der Waals surface area contributed by atoms with Crippen LogP contribution in [0.15, 0.2) is 30.5 Å². The van der Waals surface area contributed by atoms with Gasteiger partial charge in [0, 0.05) is 11.6 Å². The zero-order valence-electron chi connectivity index (χ0n) is 11.3. The molecule has 5 nitrogen and oxygen atoms in total. The van der Waals surface area contributed by atoms with Gasteiger partial charge in [0.2, 0.25) is 5.91 Å². The summed E-state index contributed by atoms with van der Waals surface area (Å²) in [6.45, 7) is 0. The monoisotopic (exact) mass is 340 g/mol. The number of ether oxygens (including phenoxy) is 1. The molecular formula is C14H10ClFN2O3S. The number of carbonyl (C=O) groups excluding carboxylic acids is 2.